The molecule has 0 aromatic heterocycles. The number of nitrogens with zero attached hydrogens (tertiary/aromatic N) is 1. The second-order valence-corrected chi connectivity index (χ2v) is 6.85. The maximum Gasteiger partial charge on any atom is 0.0587 e. The van der Waals surface area contributed by atoms with Crippen LogP contribution in [0, 0.1) is 11.3 Å². The zero-order chi connectivity index (χ0) is 21.0. The van der Waals surface area contributed by atoms with Gasteiger partial charge in [-0.2, -0.15) is 5.26 Å². The van der Waals surface area contributed by atoms with Crippen LogP contribution < -0.4 is 0 Å². The molecular weight excluding hydrogens is 350 g/mol. The minimum absolute atomic E-state index is 1.17. The Morgan fingerprint density at radius 2 is 1.00 bits per heavy atom. The van der Waals surface area contributed by atoms with E-state index in [4.69, 9.17) is 5.26 Å². The fourth-order valence-electron chi connectivity index (χ4n) is 3.98. The van der Waals surface area contributed by atoms with Crippen molar-refractivity contribution < 1.29 is 0 Å². The van der Waals surface area contributed by atoms with Gasteiger partial charge < -0.3 is 0 Å². The third kappa shape index (κ3) is 3.58. The summed E-state index contributed by atoms with van der Waals surface area (Å²) >= 11 is 0. The van der Waals surface area contributed by atoms with Crippen LogP contribution in [-0.4, -0.2) is 0 Å². The molecule has 0 aliphatic carbocycles. The standard InChI is InChI=1S/C26H22.C2H3N/c1-5-17(6-2)23-13-19-9-11-21-15-24(18(7-3)8-4)16-22-12-10-20(14-23)25(19)26(21)22;1-2-3/h5-16H,1,3H2,2,4H3;1H3/b17-6+,18-8+;. The predicted molar refractivity (Wildman–Crippen MR) is 129 cm³/mol. The first-order chi connectivity index (χ1) is 14.1. The summed E-state index contributed by atoms with van der Waals surface area (Å²) in [7, 11) is 0. The summed E-state index contributed by atoms with van der Waals surface area (Å²) in [4.78, 5) is 0. The SMILES string of the molecule is C=C/C(=C\C)c1cc2ccc3cc(/C(C=C)=C/C)cc4ccc(c1)c2c34.CC#N. The van der Waals surface area contributed by atoms with Crippen LogP contribution in [0.25, 0.3) is 43.5 Å². The van der Waals surface area contributed by atoms with E-state index in [2.05, 4.69) is 87.7 Å². The highest BCUT2D eigenvalue weighted by Crippen LogP contribution is 2.38. The molecule has 0 amide bonds. The van der Waals surface area contributed by atoms with E-state index in [1.54, 1.807) is 6.07 Å². The molecule has 1 nitrogen and oxygen atoms in total. The van der Waals surface area contributed by atoms with E-state index in [-0.39, 0.29) is 0 Å². The van der Waals surface area contributed by atoms with E-state index < -0.39 is 0 Å². The van der Waals surface area contributed by atoms with Gasteiger partial charge in [0.05, 0.1) is 6.07 Å². The smallest absolute Gasteiger partial charge is 0.0587 e. The second-order valence-electron chi connectivity index (χ2n) is 6.85. The van der Waals surface area contributed by atoms with Gasteiger partial charge in [-0.25, -0.2) is 0 Å². The Morgan fingerprint density at radius 1 is 0.724 bits per heavy atom. The molecule has 0 spiro atoms. The van der Waals surface area contributed by atoms with Crippen LogP contribution >= 0.6 is 0 Å². The van der Waals surface area contributed by atoms with Gasteiger partial charge in [0.15, 0.2) is 0 Å². The lowest BCUT2D eigenvalue weighted by molar-refractivity contribution is 1.49. The molecule has 0 radical (unpaired) electrons. The summed E-state index contributed by atoms with van der Waals surface area (Å²) in [6.07, 6.45) is 8.07. The molecule has 0 unspecified atom stereocenters. The molecule has 4 aromatic rings. The molecular formula is C28H25N. The summed E-state index contributed by atoms with van der Waals surface area (Å²) in [6.45, 7) is 13.4. The second kappa shape index (κ2) is 8.59. The number of nitriles is 1. The Labute approximate surface area is 172 Å². The van der Waals surface area contributed by atoms with E-state index in [1.165, 1.54) is 61.5 Å². The molecule has 0 saturated heterocycles. The summed E-state index contributed by atoms with van der Waals surface area (Å²) in [5.41, 5.74) is 4.77. The summed E-state index contributed by atoms with van der Waals surface area (Å²) in [5.74, 6) is 0. The molecule has 0 bridgehead atoms. The normalized spacial score (nSPS) is 11.9. The molecule has 29 heavy (non-hydrogen) atoms. The van der Waals surface area contributed by atoms with E-state index in [0.717, 1.165) is 0 Å². The van der Waals surface area contributed by atoms with Crippen LogP contribution in [0.2, 0.25) is 0 Å². The predicted octanol–water partition coefficient (Wildman–Crippen LogP) is 8.29. The average molecular weight is 376 g/mol. The minimum atomic E-state index is 1.17. The molecule has 0 heterocycles. The molecule has 0 aliphatic rings. The van der Waals surface area contributed by atoms with Crippen LogP contribution in [0.1, 0.15) is 31.9 Å². The van der Waals surface area contributed by atoms with Crippen molar-refractivity contribution in [3.8, 4) is 6.07 Å². The van der Waals surface area contributed by atoms with Crippen molar-refractivity contribution in [2.75, 3.05) is 0 Å². The fraction of sp³-hybridized carbons (Fsp3) is 0.107. The van der Waals surface area contributed by atoms with Crippen molar-refractivity contribution >= 4 is 43.5 Å². The minimum Gasteiger partial charge on any atom is -0.199 e. The highest BCUT2D eigenvalue weighted by Gasteiger charge is 2.11. The first kappa shape index (κ1) is 20.1. The molecule has 1 heteroatoms. The van der Waals surface area contributed by atoms with Crippen LogP contribution in [0.15, 0.2) is 86.0 Å². The first-order valence-electron chi connectivity index (χ1n) is 9.73. The monoisotopic (exact) mass is 375 g/mol. The topological polar surface area (TPSA) is 23.8 Å². The van der Waals surface area contributed by atoms with Gasteiger partial charge in [-0.1, -0.05) is 61.7 Å². The Bertz CT molecular complexity index is 1150. The number of rotatable bonds is 4. The molecule has 0 saturated carbocycles. The van der Waals surface area contributed by atoms with Crippen molar-refractivity contribution in [3.63, 3.8) is 0 Å². The molecule has 4 aromatic carbocycles. The Hall–Kier alpha value is -3.63. The quantitative estimate of drug-likeness (QED) is 0.260. The van der Waals surface area contributed by atoms with Crippen molar-refractivity contribution in [1.29, 1.82) is 5.26 Å². The van der Waals surface area contributed by atoms with Crippen molar-refractivity contribution in [2.45, 2.75) is 20.8 Å². The van der Waals surface area contributed by atoms with E-state index in [1.807, 2.05) is 12.2 Å². The van der Waals surface area contributed by atoms with Gasteiger partial charge in [0.2, 0.25) is 0 Å². The zero-order valence-corrected chi connectivity index (χ0v) is 17.3. The zero-order valence-electron chi connectivity index (χ0n) is 17.3. The summed E-state index contributed by atoms with van der Waals surface area (Å²) < 4.78 is 0. The Balaban J connectivity index is 0.000000755. The van der Waals surface area contributed by atoms with E-state index in [9.17, 15) is 0 Å². The maximum absolute atomic E-state index is 7.32. The molecule has 0 N–H and O–H groups in total. The van der Waals surface area contributed by atoms with Crippen LogP contribution in [0.4, 0.5) is 0 Å². The van der Waals surface area contributed by atoms with Crippen molar-refractivity contribution in [1.82, 2.24) is 0 Å². The highest BCUT2D eigenvalue weighted by atomic mass is 14.2. The third-order valence-electron chi connectivity index (χ3n) is 5.26. The van der Waals surface area contributed by atoms with E-state index in [0.29, 0.717) is 0 Å². The molecule has 142 valence electrons. The number of hydrogen-bond donors (Lipinski definition) is 0. The fourth-order valence-corrected chi connectivity index (χ4v) is 3.98. The number of allylic oxidation sites excluding steroid dienone is 6. The average Bonchev–Trinajstić information content (AvgIpc) is 2.74. The van der Waals surface area contributed by atoms with E-state index >= 15 is 0 Å². The number of hydrogen-bond acceptors (Lipinski definition) is 1. The highest BCUT2D eigenvalue weighted by molar-refractivity contribution is 6.24. The van der Waals surface area contributed by atoms with Crippen LogP contribution in [0.3, 0.4) is 0 Å². The van der Waals surface area contributed by atoms with Gasteiger partial charge in [0.1, 0.15) is 0 Å². The van der Waals surface area contributed by atoms with Crippen LogP contribution in [0.5, 0.6) is 0 Å². The summed E-state index contributed by atoms with van der Waals surface area (Å²) in [6, 6.07) is 19.8. The molecule has 4 rings (SSSR count). The van der Waals surface area contributed by atoms with Gasteiger partial charge >= 0.3 is 0 Å². The molecule has 0 atom stereocenters. The lowest BCUT2D eigenvalue weighted by Crippen LogP contribution is -1.89. The lowest BCUT2D eigenvalue weighted by atomic mass is 9.89. The van der Waals surface area contributed by atoms with Gasteiger partial charge in [-0.05, 0) is 92.7 Å². The van der Waals surface area contributed by atoms with Gasteiger partial charge in [0.25, 0.3) is 0 Å². The van der Waals surface area contributed by atoms with Gasteiger partial charge in [-0.3, -0.25) is 0 Å². The maximum atomic E-state index is 7.32. The van der Waals surface area contributed by atoms with Crippen molar-refractivity contribution in [2.24, 2.45) is 0 Å². The Kier molecular flexibility index (Phi) is 5.96. The van der Waals surface area contributed by atoms with Crippen molar-refractivity contribution in [3.05, 3.63) is 97.1 Å². The van der Waals surface area contributed by atoms with Gasteiger partial charge in [0, 0.05) is 6.92 Å². The number of benzene rings is 4. The lowest BCUT2D eigenvalue weighted by Gasteiger charge is -2.15. The molecule has 0 aliphatic heterocycles. The molecule has 0 fully saturated rings. The largest absolute Gasteiger partial charge is 0.199 e. The third-order valence-corrected chi connectivity index (χ3v) is 5.26. The van der Waals surface area contributed by atoms with Crippen LogP contribution in [-0.2, 0) is 0 Å². The first-order valence-corrected chi connectivity index (χ1v) is 9.73. The summed E-state index contributed by atoms with van der Waals surface area (Å²) in [5, 5.41) is 15.1. The Morgan fingerprint density at radius 3 is 1.21 bits per heavy atom. The van der Waals surface area contributed by atoms with Gasteiger partial charge in [-0.15, -0.1) is 0 Å².